The molecule has 2 aromatic heterocycles. The first kappa shape index (κ1) is 21.9. The van der Waals surface area contributed by atoms with E-state index >= 15 is 0 Å². The third kappa shape index (κ3) is 4.22. The van der Waals surface area contributed by atoms with Crippen molar-refractivity contribution >= 4 is 26.7 Å². The van der Waals surface area contributed by atoms with Crippen LogP contribution in [-0.2, 0) is 5.54 Å². The maximum Gasteiger partial charge on any atom is 0.186 e. The summed E-state index contributed by atoms with van der Waals surface area (Å²) in [5.41, 5.74) is 1.82. The molecule has 0 saturated carbocycles. The van der Waals surface area contributed by atoms with Crippen LogP contribution in [0.15, 0.2) is 48.5 Å². The van der Waals surface area contributed by atoms with Gasteiger partial charge in [-0.3, -0.25) is 4.90 Å². The Bertz CT molecular complexity index is 1190. The summed E-state index contributed by atoms with van der Waals surface area (Å²) in [6.45, 7) is 9.79. The van der Waals surface area contributed by atoms with E-state index in [0.29, 0.717) is 0 Å². The maximum absolute atomic E-state index is 13.7. The zero-order chi connectivity index (χ0) is 23.0. The molecule has 4 aromatic rings. The van der Waals surface area contributed by atoms with Gasteiger partial charge in [0.25, 0.3) is 0 Å². The molecule has 0 spiro atoms. The van der Waals surface area contributed by atoms with Crippen molar-refractivity contribution in [3.63, 3.8) is 0 Å². The highest BCUT2D eigenvalue weighted by Gasteiger charge is 2.34. The van der Waals surface area contributed by atoms with Crippen LogP contribution in [0.2, 0.25) is 0 Å². The predicted octanol–water partition coefficient (Wildman–Crippen LogP) is 4.48. The minimum absolute atomic E-state index is 0.149. The Morgan fingerprint density at radius 1 is 1.03 bits per heavy atom. The summed E-state index contributed by atoms with van der Waals surface area (Å²) in [4.78, 5) is 9.57. The molecule has 3 heterocycles. The lowest BCUT2D eigenvalue weighted by molar-refractivity contribution is 0.187. The monoisotopic (exact) mass is 465 g/mol. The van der Waals surface area contributed by atoms with E-state index in [4.69, 9.17) is 4.98 Å². The van der Waals surface area contributed by atoms with Crippen molar-refractivity contribution in [1.82, 2.24) is 30.1 Å². The average Bonchev–Trinajstić information content (AvgIpc) is 3.49. The Kier molecular flexibility index (Phi) is 5.84. The second-order valence-electron chi connectivity index (χ2n) is 9.06. The molecule has 0 radical (unpaired) electrons. The molecule has 0 N–H and O–H groups in total. The number of anilines is 1. The van der Waals surface area contributed by atoms with Crippen LogP contribution in [0, 0.1) is 5.82 Å². The standard InChI is InChI=1S/C24H28FN7S/c1-4-24(2,3)32-22(27-28-29-32)21(17-9-11-18(25)12-10-17)30-13-15-31(16-14-30)23-26-19-7-5-6-8-20(19)33-23/h5-12,21H,4,13-16H2,1-3H3/t21-/m1/s1. The van der Waals surface area contributed by atoms with Gasteiger partial charge >= 0.3 is 0 Å². The molecule has 9 heteroatoms. The van der Waals surface area contributed by atoms with Crippen molar-refractivity contribution in [2.24, 2.45) is 0 Å². The first-order chi connectivity index (χ1) is 16.0. The van der Waals surface area contributed by atoms with Gasteiger partial charge in [0.15, 0.2) is 11.0 Å². The van der Waals surface area contributed by atoms with E-state index in [2.05, 4.69) is 64.3 Å². The summed E-state index contributed by atoms with van der Waals surface area (Å²) in [6.07, 6.45) is 0.895. The van der Waals surface area contributed by atoms with Gasteiger partial charge in [-0.2, -0.15) is 0 Å². The van der Waals surface area contributed by atoms with Gasteiger partial charge in [-0.25, -0.2) is 14.1 Å². The fourth-order valence-electron chi connectivity index (χ4n) is 4.28. The molecule has 1 atom stereocenters. The number of fused-ring (bicyclic) bond motifs is 1. The van der Waals surface area contributed by atoms with E-state index in [1.807, 2.05) is 22.9 Å². The largest absolute Gasteiger partial charge is 0.345 e. The minimum Gasteiger partial charge on any atom is -0.345 e. The van der Waals surface area contributed by atoms with E-state index in [-0.39, 0.29) is 17.4 Å². The molecule has 0 aliphatic carbocycles. The van der Waals surface area contributed by atoms with Gasteiger partial charge in [-0.15, -0.1) is 5.10 Å². The number of nitrogens with zero attached hydrogens (tertiary/aromatic N) is 7. The molecule has 1 aliphatic rings. The Morgan fingerprint density at radius 2 is 1.76 bits per heavy atom. The first-order valence-corrected chi connectivity index (χ1v) is 12.2. The number of aromatic nitrogens is 5. The van der Waals surface area contributed by atoms with Gasteiger partial charge in [-0.1, -0.05) is 42.5 Å². The Morgan fingerprint density at radius 3 is 2.45 bits per heavy atom. The molecule has 2 aromatic carbocycles. The van der Waals surface area contributed by atoms with E-state index in [9.17, 15) is 4.39 Å². The highest BCUT2D eigenvalue weighted by molar-refractivity contribution is 7.22. The van der Waals surface area contributed by atoms with Crippen LogP contribution < -0.4 is 4.90 Å². The van der Waals surface area contributed by atoms with Crippen LogP contribution in [-0.4, -0.2) is 56.3 Å². The van der Waals surface area contributed by atoms with Crippen molar-refractivity contribution in [3.8, 4) is 0 Å². The molecule has 5 rings (SSSR count). The number of thiazole rings is 1. The lowest BCUT2D eigenvalue weighted by atomic mass is 9.99. The normalized spacial score (nSPS) is 16.4. The predicted molar refractivity (Wildman–Crippen MR) is 129 cm³/mol. The fraction of sp³-hybridized carbons (Fsp3) is 0.417. The summed E-state index contributed by atoms with van der Waals surface area (Å²) in [5.74, 6) is 0.550. The maximum atomic E-state index is 13.7. The molecule has 33 heavy (non-hydrogen) atoms. The topological polar surface area (TPSA) is 63.0 Å². The summed E-state index contributed by atoms with van der Waals surface area (Å²) >= 11 is 1.74. The Balaban J connectivity index is 1.43. The van der Waals surface area contributed by atoms with E-state index in [0.717, 1.165) is 54.6 Å². The summed E-state index contributed by atoms with van der Waals surface area (Å²) < 4.78 is 16.9. The molecular formula is C24H28FN7S. The van der Waals surface area contributed by atoms with Crippen molar-refractivity contribution < 1.29 is 4.39 Å². The van der Waals surface area contributed by atoms with Crippen LogP contribution in [0.25, 0.3) is 10.2 Å². The van der Waals surface area contributed by atoms with Crippen molar-refractivity contribution in [2.45, 2.75) is 38.8 Å². The fourth-order valence-corrected chi connectivity index (χ4v) is 5.30. The number of piperazine rings is 1. The van der Waals surface area contributed by atoms with Crippen LogP contribution in [0.5, 0.6) is 0 Å². The van der Waals surface area contributed by atoms with Crippen LogP contribution in [0.3, 0.4) is 0 Å². The smallest absolute Gasteiger partial charge is 0.186 e. The minimum atomic E-state index is -0.244. The second kappa shape index (κ2) is 8.79. The van der Waals surface area contributed by atoms with Gasteiger partial charge in [0.1, 0.15) is 5.82 Å². The number of para-hydroxylation sites is 1. The van der Waals surface area contributed by atoms with Crippen LogP contribution >= 0.6 is 11.3 Å². The SMILES string of the molecule is CCC(C)(C)n1nnnc1[C@@H](c1ccc(F)cc1)N1CCN(c2nc3ccccc3s2)CC1. The molecule has 0 amide bonds. The average molecular weight is 466 g/mol. The van der Waals surface area contributed by atoms with Crippen molar-refractivity contribution in [2.75, 3.05) is 31.1 Å². The van der Waals surface area contributed by atoms with Gasteiger partial charge in [0, 0.05) is 26.2 Å². The number of hydrogen-bond acceptors (Lipinski definition) is 7. The molecule has 0 unspecified atom stereocenters. The molecule has 7 nitrogen and oxygen atoms in total. The summed E-state index contributed by atoms with van der Waals surface area (Å²) in [5, 5.41) is 13.9. The van der Waals surface area contributed by atoms with Gasteiger partial charge < -0.3 is 4.90 Å². The van der Waals surface area contributed by atoms with Gasteiger partial charge in [-0.05, 0) is 60.5 Å². The number of hydrogen-bond donors (Lipinski definition) is 0. The van der Waals surface area contributed by atoms with Gasteiger partial charge in [0.05, 0.1) is 21.8 Å². The quantitative estimate of drug-likeness (QED) is 0.418. The molecule has 0 bridgehead atoms. The highest BCUT2D eigenvalue weighted by Crippen LogP contribution is 2.34. The molecule has 172 valence electrons. The number of halogens is 1. The van der Waals surface area contributed by atoms with Crippen LogP contribution in [0.1, 0.15) is 44.6 Å². The lowest BCUT2D eigenvalue weighted by Crippen LogP contribution is -2.48. The third-order valence-corrected chi connectivity index (χ3v) is 7.69. The van der Waals surface area contributed by atoms with E-state index in [1.54, 1.807) is 11.3 Å². The van der Waals surface area contributed by atoms with Crippen LogP contribution in [0.4, 0.5) is 9.52 Å². The zero-order valence-electron chi connectivity index (χ0n) is 19.1. The molecule has 1 saturated heterocycles. The Labute approximate surface area is 196 Å². The summed E-state index contributed by atoms with van der Waals surface area (Å²) in [7, 11) is 0. The molecular weight excluding hydrogens is 437 g/mol. The second-order valence-corrected chi connectivity index (χ2v) is 10.1. The number of rotatable bonds is 6. The lowest BCUT2D eigenvalue weighted by Gasteiger charge is -2.39. The summed E-state index contributed by atoms with van der Waals surface area (Å²) in [6, 6.07) is 14.8. The van der Waals surface area contributed by atoms with Crippen molar-refractivity contribution in [3.05, 3.63) is 65.7 Å². The van der Waals surface area contributed by atoms with E-state index < -0.39 is 0 Å². The molecule has 1 fully saturated rings. The Hall–Kier alpha value is -2.91. The highest BCUT2D eigenvalue weighted by atomic mass is 32.1. The van der Waals surface area contributed by atoms with Crippen molar-refractivity contribution in [1.29, 1.82) is 0 Å². The third-order valence-electron chi connectivity index (χ3n) is 6.60. The zero-order valence-corrected chi connectivity index (χ0v) is 20.0. The van der Waals surface area contributed by atoms with E-state index in [1.165, 1.54) is 16.8 Å². The first-order valence-electron chi connectivity index (χ1n) is 11.3. The number of benzene rings is 2. The molecule has 1 aliphatic heterocycles. The van der Waals surface area contributed by atoms with Gasteiger partial charge in [0.2, 0.25) is 0 Å². The number of tetrazole rings is 1.